The van der Waals surface area contributed by atoms with Crippen LogP contribution < -0.4 is 0 Å². The van der Waals surface area contributed by atoms with Gasteiger partial charge in [-0.1, -0.05) is 64.8 Å². The maximum atomic E-state index is 11.1. The number of alkyl halides is 3. The van der Waals surface area contributed by atoms with Crippen LogP contribution in [0.5, 0.6) is 0 Å². The van der Waals surface area contributed by atoms with Crippen LogP contribution in [0.1, 0.15) is 10.5 Å². The van der Waals surface area contributed by atoms with E-state index in [0.29, 0.717) is 5.69 Å². The molecule has 3 rings (SSSR count). The minimum Gasteiger partial charge on any atom is -0.359 e. The van der Waals surface area contributed by atoms with E-state index in [1.54, 1.807) is 30.1 Å². The lowest BCUT2D eigenvalue weighted by Crippen LogP contribution is -2.18. The summed E-state index contributed by atoms with van der Waals surface area (Å²) in [5, 5.41) is 1.18. The number of nitrogens with one attached hydrogen (secondary N) is 2. The van der Waals surface area contributed by atoms with Gasteiger partial charge in [-0.2, -0.15) is 0 Å². The Morgan fingerprint density at radius 3 is 2.04 bits per heavy atom. The molecule has 2 heterocycles. The van der Waals surface area contributed by atoms with Gasteiger partial charge < -0.3 is 9.97 Å². The van der Waals surface area contributed by atoms with E-state index in [4.69, 9.17) is 34.8 Å². The standard InChI is InChI=1S/C10H9NS.C6H4Cl3NO/c1-2-5-9(6-3-1)12-10-7-4-8-11-10;7-6(8,9)5(11)4-2-1-3-10-4/h1-8,11H;1-3,10H. The Balaban J connectivity index is 0.000000168. The predicted molar refractivity (Wildman–Crippen MR) is 96.8 cm³/mol. The van der Waals surface area contributed by atoms with Gasteiger partial charge in [0.25, 0.3) is 3.79 Å². The average Bonchev–Trinajstić information content (AvgIpc) is 3.20. The molecule has 0 fully saturated rings. The number of benzene rings is 1. The third-order valence-electron chi connectivity index (χ3n) is 2.64. The number of aromatic amines is 2. The molecule has 0 unspecified atom stereocenters. The number of ketones is 1. The second kappa shape index (κ2) is 8.50. The number of carbonyl (C=O) groups excluding carboxylic acids is 1. The summed E-state index contributed by atoms with van der Waals surface area (Å²) in [7, 11) is 0. The van der Waals surface area contributed by atoms with Gasteiger partial charge in [-0.25, -0.2) is 0 Å². The van der Waals surface area contributed by atoms with E-state index < -0.39 is 9.58 Å². The molecule has 23 heavy (non-hydrogen) atoms. The van der Waals surface area contributed by atoms with Gasteiger partial charge in [0.05, 0.1) is 10.7 Å². The Hall–Kier alpha value is -1.33. The lowest BCUT2D eigenvalue weighted by molar-refractivity contribution is 0.0992. The lowest BCUT2D eigenvalue weighted by Gasteiger charge is -2.06. The molecular weight excluding hydrogens is 375 g/mol. The summed E-state index contributed by atoms with van der Waals surface area (Å²) < 4.78 is -1.87. The van der Waals surface area contributed by atoms with Crippen LogP contribution in [0, 0.1) is 0 Å². The molecule has 0 spiro atoms. The van der Waals surface area contributed by atoms with Crippen LogP contribution in [0.4, 0.5) is 0 Å². The molecule has 0 saturated heterocycles. The minimum absolute atomic E-state index is 0.296. The van der Waals surface area contributed by atoms with E-state index in [1.807, 2.05) is 30.5 Å². The number of halogens is 3. The van der Waals surface area contributed by atoms with Crippen LogP contribution in [-0.4, -0.2) is 19.5 Å². The van der Waals surface area contributed by atoms with Crippen molar-refractivity contribution in [1.29, 1.82) is 0 Å². The highest BCUT2D eigenvalue weighted by atomic mass is 35.6. The highest BCUT2D eigenvalue weighted by Gasteiger charge is 2.31. The fourth-order valence-electron chi connectivity index (χ4n) is 1.62. The predicted octanol–water partition coefficient (Wildman–Crippen LogP) is 5.73. The van der Waals surface area contributed by atoms with Gasteiger partial charge in [0.2, 0.25) is 5.78 Å². The largest absolute Gasteiger partial charge is 0.359 e. The summed E-state index contributed by atoms with van der Waals surface area (Å²) in [6, 6.07) is 17.6. The second-order valence-corrected chi connectivity index (χ2v) is 7.76. The van der Waals surface area contributed by atoms with Crippen molar-refractivity contribution in [2.24, 2.45) is 0 Å². The first kappa shape index (κ1) is 18.0. The molecule has 120 valence electrons. The average molecular weight is 388 g/mol. The maximum Gasteiger partial charge on any atom is 0.254 e. The van der Waals surface area contributed by atoms with Crippen LogP contribution in [0.15, 0.2) is 76.9 Å². The van der Waals surface area contributed by atoms with E-state index in [-0.39, 0.29) is 0 Å². The van der Waals surface area contributed by atoms with Crippen molar-refractivity contribution in [3.05, 3.63) is 72.7 Å². The van der Waals surface area contributed by atoms with Crippen molar-refractivity contribution in [2.45, 2.75) is 13.7 Å². The third kappa shape index (κ3) is 5.99. The highest BCUT2D eigenvalue weighted by molar-refractivity contribution is 7.99. The number of hydrogen-bond donors (Lipinski definition) is 2. The smallest absolute Gasteiger partial charge is 0.254 e. The van der Waals surface area contributed by atoms with Gasteiger partial charge >= 0.3 is 0 Å². The number of carbonyl (C=O) groups is 1. The van der Waals surface area contributed by atoms with Crippen LogP contribution >= 0.6 is 46.6 Å². The van der Waals surface area contributed by atoms with Crippen molar-refractivity contribution in [3.8, 4) is 0 Å². The number of Topliss-reactive ketones (excluding diaryl/α,β-unsaturated/α-hetero) is 1. The van der Waals surface area contributed by atoms with Gasteiger partial charge in [0, 0.05) is 17.3 Å². The first-order chi connectivity index (χ1) is 11.0. The molecule has 3 aromatic rings. The molecule has 0 atom stereocenters. The second-order valence-electron chi connectivity index (χ2n) is 4.36. The Morgan fingerprint density at radius 2 is 1.52 bits per heavy atom. The zero-order chi connectivity index (χ0) is 16.7. The molecule has 7 heteroatoms. The van der Waals surface area contributed by atoms with Gasteiger partial charge in [-0.05, 0) is 36.4 Å². The first-order valence-corrected chi connectivity index (χ1v) is 8.53. The quantitative estimate of drug-likeness (QED) is 0.445. The van der Waals surface area contributed by atoms with Crippen molar-refractivity contribution >= 4 is 52.3 Å². The van der Waals surface area contributed by atoms with Crippen LogP contribution in [0.2, 0.25) is 0 Å². The van der Waals surface area contributed by atoms with Gasteiger partial charge in [0.1, 0.15) is 0 Å². The molecule has 1 aromatic carbocycles. The molecule has 0 aliphatic carbocycles. The lowest BCUT2D eigenvalue weighted by atomic mass is 10.3. The summed E-state index contributed by atoms with van der Waals surface area (Å²) in [5.41, 5.74) is 0.296. The molecule has 3 nitrogen and oxygen atoms in total. The number of H-pyrrole nitrogens is 2. The maximum absolute atomic E-state index is 11.1. The van der Waals surface area contributed by atoms with E-state index in [2.05, 4.69) is 28.2 Å². The molecular formula is C16H13Cl3N2OS. The normalized spacial score (nSPS) is 10.7. The summed E-state index contributed by atoms with van der Waals surface area (Å²) in [5.74, 6) is -0.549. The Labute approximate surface area is 153 Å². The molecule has 0 amide bonds. The first-order valence-electron chi connectivity index (χ1n) is 6.58. The van der Waals surface area contributed by atoms with Crippen LogP contribution in [0.3, 0.4) is 0 Å². The molecule has 0 saturated carbocycles. The number of rotatable bonds is 3. The van der Waals surface area contributed by atoms with E-state index in [9.17, 15) is 4.79 Å². The molecule has 0 radical (unpaired) electrons. The van der Waals surface area contributed by atoms with Gasteiger partial charge in [-0.3, -0.25) is 4.79 Å². The van der Waals surface area contributed by atoms with Crippen molar-refractivity contribution in [3.63, 3.8) is 0 Å². The summed E-state index contributed by atoms with van der Waals surface area (Å²) in [6.07, 6.45) is 3.52. The highest BCUT2D eigenvalue weighted by Crippen LogP contribution is 2.29. The Kier molecular flexibility index (Phi) is 6.66. The van der Waals surface area contributed by atoms with E-state index in [0.717, 1.165) is 0 Å². The molecule has 2 aromatic heterocycles. The minimum atomic E-state index is -1.87. The fraction of sp³-hybridized carbons (Fsp3) is 0.0625. The summed E-state index contributed by atoms with van der Waals surface area (Å²) in [4.78, 5) is 18.2. The molecule has 0 aliphatic rings. The van der Waals surface area contributed by atoms with Crippen LogP contribution in [0.25, 0.3) is 0 Å². The summed E-state index contributed by atoms with van der Waals surface area (Å²) >= 11 is 17.7. The Bertz CT molecular complexity index is 708. The van der Waals surface area contributed by atoms with E-state index >= 15 is 0 Å². The topological polar surface area (TPSA) is 48.6 Å². The third-order valence-corrected chi connectivity index (χ3v) is 4.14. The van der Waals surface area contributed by atoms with E-state index in [1.165, 1.54) is 9.92 Å². The van der Waals surface area contributed by atoms with Gasteiger partial charge in [-0.15, -0.1) is 0 Å². The summed E-state index contributed by atoms with van der Waals surface area (Å²) in [6.45, 7) is 0. The molecule has 0 bridgehead atoms. The van der Waals surface area contributed by atoms with Crippen molar-refractivity contribution in [2.75, 3.05) is 0 Å². The monoisotopic (exact) mass is 386 g/mol. The van der Waals surface area contributed by atoms with Crippen molar-refractivity contribution < 1.29 is 4.79 Å². The van der Waals surface area contributed by atoms with Crippen LogP contribution in [-0.2, 0) is 0 Å². The molecule has 2 N–H and O–H groups in total. The molecule has 0 aliphatic heterocycles. The van der Waals surface area contributed by atoms with Gasteiger partial charge in [0.15, 0.2) is 0 Å². The van der Waals surface area contributed by atoms with Crippen molar-refractivity contribution in [1.82, 2.24) is 9.97 Å². The fourth-order valence-corrected chi connectivity index (χ4v) is 2.74. The number of aromatic nitrogens is 2. The Morgan fingerprint density at radius 1 is 0.870 bits per heavy atom. The zero-order valence-electron chi connectivity index (χ0n) is 11.8. The zero-order valence-corrected chi connectivity index (χ0v) is 14.9. The number of hydrogen-bond acceptors (Lipinski definition) is 2. The SMILES string of the molecule is O=C(c1ccc[nH]1)C(Cl)(Cl)Cl.c1ccc(Sc2ccc[nH]2)cc1.